The van der Waals surface area contributed by atoms with E-state index in [-0.39, 0.29) is 12.5 Å². The van der Waals surface area contributed by atoms with Gasteiger partial charge in [-0.3, -0.25) is 4.79 Å². The van der Waals surface area contributed by atoms with Crippen LogP contribution < -0.4 is 4.90 Å². The van der Waals surface area contributed by atoms with Gasteiger partial charge >= 0.3 is 6.09 Å². The van der Waals surface area contributed by atoms with Crippen LogP contribution in [0.4, 0.5) is 10.5 Å². The highest BCUT2D eigenvalue weighted by Crippen LogP contribution is 2.15. The van der Waals surface area contributed by atoms with Crippen LogP contribution in [0.15, 0.2) is 24.3 Å². The summed E-state index contributed by atoms with van der Waals surface area (Å²) in [5.74, 6) is -0.172. The van der Waals surface area contributed by atoms with Gasteiger partial charge in [-0.25, -0.2) is 4.79 Å². The quantitative estimate of drug-likeness (QED) is 0.860. The number of amides is 2. The van der Waals surface area contributed by atoms with Gasteiger partial charge in [-0.1, -0.05) is 12.1 Å². The Labute approximate surface area is 126 Å². The molecule has 0 aliphatic heterocycles. The average Bonchev–Trinajstić information content (AvgIpc) is 2.35. The summed E-state index contributed by atoms with van der Waals surface area (Å²) in [5.41, 5.74) is 1.31. The fourth-order valence-electron chi connectivity index (χ4n) is 1.69. The standard InChI is InChI=1S/C16H24N2O3/c1-12-8-7-9-13(10-12)18(6)14(19)11-17(5)15(20)21-16(2,3)4/h7-10H,11H2,1-6H3. The molecule has 0 saturated heterocycles. The van der Waals surface area contributed by atoms with E-state index in [1.165, 1.54) is 9.80 Å². The van der Waals surface area contributed by atoms with Crippen LogP contribution in [0.1, 0.15) is 26.3 Å². The maximum absolute atomic E-state index is 12.2. The maximum Gasteiger partial charge on any atom is 0.410 e. The van der Waals surface area contributed by atoms with E-state index in [1.807, 2.05) is 31.2 Å². The molecule has 0 aliphatic rings. The fourth-order valence-corrected chi connectivity index (χ4v) is 1.69. The molecule has 0 radical (unpaired) electrons. The second-order valence-electron chi connectivity index (χ2n) is 6.13. The molecule has 0 aromatic heterocycles. The normalized spacial score (nSPS) is 11.0. The van der Waals surface area contributed by atoms with Gasteiger partial charge in [-0.2, -0.15) is 0 Å². The number of rotatable bonds is 3. The van der Waals surface area contributed by atoms with E-state index in [1.54, 1.807) is 34.9 Å². The lowest BCUT2D eigenvalue weighted by atomic mass is 10.2. The lowest BCUT2D eigenvalue weighted by molar-refractivity contribution is -0.119. The van der Waals surface area contributed by atoms with Crippen molar-refractivity contribution in [1.29, 1.82) is 0 Å². The van der Waals surface area contributed by atoms with Crippen molar-refractivity contribution in [3.8, 4) is 0 Å². The third kappa shape index (κ3) is 5.45. The lowest BCUT2D eigenvalue weighted by Crippen LogP contribution is -2.41. The first kappa shape index (κ1) is 17.0. The first-order valence-electron chi connectivity index (χ1n) is 6.87. The molecule has 0 N–H and O–H groups in total. The van der Waals surface area contributed by atoms with Crippen molar-refractivity contribution in [1.82, 2.24) is 4.90 Å². The molecule has 0 spiro atoms. The number of likely N-dealkylation sites (N-methyl/N-ethyl adjacent to an activating group) is 2. The Balaban J connectivity index is 2.66. The second kappa shape index (κ2) is 6.61. The summed E-state index contributed by atoms with van der Waals surface area (Å²) in [5, 5.41) is 0. The number of anilines is 1. The average molecular weight is 292 g/mol. The first-order chi connectivity index (χ1) is 9.60. The Kier molecular flexibility index (Phi) is 5.35. The number of hydrogen-bond donors (Lipinski definition) is 0. The first-order valence-corrected chi connectivity index (χ1v) is 6.87. The van der Waals surface area contributed by atoms with Gasteiger partial charge in [0, 0.05) is 19.8 Å². The highest BCUT2D eigenvalue weighted by molar-refractivity contribution is 5.95. The van der Waals surface area contributed by atoms with Crippen molar-refractivity contribution >= 4 is 17.7 Å². The summed E-state index contributed by atoms with van der Waals surface area (Å²) in [6, 6.07) is 7.64. The Hall–Kier alpha value is -2.04. The zero-order valence-electron chi connectivity index (χ0n) is 13.6. The van der Waals surface area contributed by atoms with Crippen LogP contribution >= 0.6 is 0 Å². The topological polar surface area (TPSA) is 49.9 Å². The highest BCUT2D eigenvalue weighted by Gasteiger charge is 2.22. The molecule has 1 rings (SSSR count). The minimum absolute atomic E-state index is 0.0284. The zero-order valence-corrected chi connectivity index (χ0v) is 13.6. The van der Waals surface area contributed by atoms with Gasteiger partial charge in [0.25, 0.3) is 0 Å². The molecule has 0 bridgehead atoms. The Morgan fingerprint density at radius 2 is 1.81 bits per heavy atom. The molecule has 5 nitrogen and oxygen atoms in total. The van der Waals surface area contributed by atoms with Crippen molar-refractivity contribution in [3.05, 3.63) is 29.8 Å². The molecule has 21 heavy (non-hydrogen) atoms. The van der Waals surface area contributed by atoms with Gasteiger partial charge in [-0.05, 0) is 45.4 Å². The van der Waals surface area contributed by atoms with Crippen LogP contribution in [0.3, 0.4) is 0 Å². The van der Waals surface area contributed by atoms with Crippen molar-refractivity contribution in [2.24, 2.45) is 0 Å². The summed E-state index contributed by atoms with van der Waals surface area (Å²) in [6.07, 6.45) is -0.506. The van der Waals surface area contributed by atoms with E-state index in [4.69, 9.17) is 4.74 Å². The molecule has 5 heteroatoms. The molecule has 2 amide bonds. The monoisotopic (exact) mass is 292 g/mol. The van der Waals surface area contributed by atoms with Crippen LogP contribution in [-0.2, 0) is 9.53 Å². The highest BCUT2D eigenvalue weighted by atomic mass is 16.6. The van der Waals surface area contributed by atoms with E-state index < -0.39 is 11.7 Å². The van der Waals surface area contributed by atoms with Crippen LogP contribution in [-0.4, -0.2) is 43.1 Å². The molecule has 1 aromatic carbocycles. The summed E-state index contributed by atoms with van der Waals surface area (Å²) in [6.45, 7) is 7.31. The van der Waals surface area contributed by atoms with Gasteiger partial charge < -0.3 is 14.5 Å². The number of hydrogen-bond acceptors (Lipinski definition) is 3. The molecule has 0 saturated carbocycles. The lowest BCUT2D eigenvalue weighted by Gasteiger charge is -2.26. The molecule has 0 fully saturated rings. The number of carbonyl (C=O) groups excluding carboxylic acids is 2. The SMILES string of the molecule is Cc1cccc(N(C)C(=O)CN(C)C(=O)OC(C)(C)C)c1. The molecule has 1 aromatic rings. The fraction of sp³-hybridized carbons (Fsp3) is 0.500. The zero-order chi connectivity index (χ0) is 16.2. The van der Waals surface area contributed by atoms with E-state index in [0.29, 0.717) is 0 Å². The predicted molar refractivity (Wildman–Crippen MR) is 83.5 cm³/mol. The molecule has 0 aliphatic carbocycles. The van der Waals surface area contributed by atoms with Crippen molar-refractivity contribution in [2.75, 3.05) is 25.5 Å². The van der Waals surface area contributed by atoms with Gasteiger partial charge in [0.05, 0.1) is 0 Å². The molecular weight excluding hydrogens is 268 g/mol. The number of carbonyl (C=O) groups is 2. The smallest absolute Gasteiger partial charge is 0.410 e. The molecular formula is C16H24N2O3. The number of benzene rings is 1. The third-order valence-corrected chi connectivity index (χ3v) is 2.84. The van der Waals surface area contributed by atoms with Gasteiger partial charge in [0.15, 0.2) is 0 Å². The number of nitrogens with zero attached hydrogens (tertiary/aromatic N) is 2. The molecule has 116 valence electrons. The summed E-state index contributed by atoms with van der Waals surface area (Å²) in [7, 11) is 3.25. The van der Waals surface area contributed by atoms with E-state index in [0.717, 1.165) is 11.3 Å². The van der Waals surface area contributed by atoms with E-state index >= 15 is 0 Å². The van der Waals surface area contributed by atoms with Crippen LogP contribution in [0.5, 0.6) is 0 Å². The van der Waals surface area contributed by atoms with Crippen molar-refractivity contribution < 1.29 is 14.3 Å². The Morgan fingerprint density at radius 3 is 2.33 bits per heavy atom. The largest absolute Gasteiger partial charge is 0.444 e. The summed E-state index contributed by atoms with van der Waals surface area (Å²) < 4.78 is 5.22. The van der Waals surface area contributed by atoms with Gasteiger partial charge in [0.1, 0.15) is 12.1 Å². The van der Waals surface area contributed by atoms with Gasteiger partial charge in [0.2, 0.25) is 5.91 Å². The number of ether oxygens (including phenoxy) is 1. The third-order valence-electron chi connectivity index (χ3n) is 2.84. The summed E-state index contributed by atoms with van der Waals surface area (Å²) >= 11 is 0. The van der Waals surface area contributed by atoms with Gasteiger partial charge in [-0.15, -0.1) is 0 Å². The van der Waals surface area contributed by atoms with E-state index in [9.17, 15) is 9.59 Å². The minimum atomic E-state index is -0.573. The minimum Gasteiger partial charge on any atom is -0.444 e. The maximum atomic E-state index is 12.2. The van der Waals surface area contributed by atoms with Crippen LogP contribution in [0.2, 0.25) is 0 Å². The second-order valence-corrected chi connectivity index (χ2v) is 6.13. The molecule has 0 heterocycles. The van der Waals surface area contributed by atoms with Crippen molar-refractivity contribution in [2.45, 2.75) is 33.3 Å². The number of aryl methyl sites for hydroxylation is 1. The Morgan fingerprint density at radius 1 is 1.19 bits per heavy atom. The van der Waals surface area contributed by atoms with Crippen molar-refractivity contribution in [3.63, 3.8) is 0 Å². The Bertz CT molecular complexity index is 520. The predicted octanol–water partition coefficient (Wildman–Crippen LogP) is 2.82. The summed E-state index contributed by atoms with van der Waals surface area (Å²) in [4.78, 5) is 26.9. The van der Waals surface area contributed by atoms with Crippen LogP contribution in [0, 0.1) is 6.92 Å². The molecule has 0 atom stereocenters. The molecule has 0 unspecified atom stereocenters. The van der Waals surface area contributed by atoms with E-state index in [2.05, 4.69) is 0 Å². The van der Waals surface area contributed by atoms with Crippen LogP contribution in [0.25, 0.3) is 0 Å².